The number of aromatic nitrogens is 2. The van der Waals surface area contributed by atoms with Crippen LogP contribution in [-0.4, -0.2) is 9.55 Å². The molecule has 0 saturated carbocycles. The van der Waals surface area contributed by atoms with E-state index in [1.54, 1.807) is 17.6 Å². The van der Waals surface area contributed by atoms with Crippen molar-refractivity contribution in [3.8, 4) is 50.7 Å². The number of nitrogens with zero attached hydrogens (tertiary/aromatic N) is 4. The Morgan fingerprint density at radius 2 is 1.15 bits per heavy atom. The van der Waals surface area contributed by atoms with Crippen molar-refractivity contribution in [3.63, 3.8) is 0 Å². The number of para-hydroxylation sites is 4. The summed E-state index contributed by atoms with van der Waals surface area (Å²) in [6.07, 6.45) is 1.85. The molecule has 1 aliphatic rings. The smallest absolute Gasteiger partial charge is 0.200 e. The largest absolute Gasteiger partial charge is 0.509 e. The Bertz CT molecular complexity index is 3930. The summed E-state index contributed by atoms with van der Waals surface area (Å²) in [4.78, 5) is 8.58. The van der Waals surface area contributed by atoms with Crippen molar-refractivity contribution in [3.05, 3.63) is 222 Å². The molecule has 5 nitrogen and oxygen atoms in total. The minimum Gasteiger partial charge on any atom is -0.509 e. The van der Waals surface area contributed by atoms with Crippen molar-refractivity contribution in [2.75, 3.05) is 9.80 Å². The molecule has 0 N–H and O–H groups in total. The third kappa shape index (κ3) is 9.81. The van der Waals surface area contributed by atoms with Crippen LogP contribution in [0, 0.1) is 47.9 Å². The third-order valence-corrected chi connectivity index (χ3v) is 14.7. The van der Waals surface area contributed by atoms with Gasteiger partial charge < -0.3 is 19.1 Å². The molecule has 2 aromatic heterocycles. The maximum absolute atomic E-state index is 16.1. The van der Waals surface area contributed by atoms with E-state index in [9.17, 15) is 4.39 Å². The molecule has 0 bridgehead atoms. The number of hydrogen-bond acceptors (Lipinski definition) is 4. The SMILES string of the molecule is CC(C)c1cc(-c2ccccc2)cc(C(C)C)c1-c1cc(Oc2[c-]c3c(cc2)c2ccccc2n3-c2cc(C(C)(C)C)ccn2)[c-]c(N2[CH-]N(c3c(-c4c(F)c(F)c(F)c(F)c4F)cccc3C(C)(C)C)c3ccccc32)c1.[Pt]. The van der Waals surface area contributed by atoms with E-state index in [4.69, 9.17) is 9.72 Å². The maximum Gasteiger partial charge on any atom is 0.200 e. The first kappa shape index (κ1) is 54.8. The second kappa shape index (κ2) is 20.9. The zero-order chi connectivity index (χ0) is 55.1. The molecule has 11 rings (SSSR count). The minimum absolute atomic E-state index is 0. The van der Waals surface area contributed by atoms with E-state index in [1.165, 1.54) is 6.07 Å². The van der Waals surface area contributed by atoms with Crippen molar-refractivity contribution >= 4 is 44.6 Å². The standard InChI is InChI=1S/C68H58F5N4O.Pt/c1-39(2)51-33-42(41-19-12-11-13-20-41)34-52(40(3)4)59(51)43-31-45(36-47(32-43)78-46-27-28-49-48-21-14-15-24-54(48)77(57(49)37-46)58-35-44(29-30-74-58)67(5,6)7)75-38-76(56-26-17-16-25-55(56)75)66-50(22-18-23-53(66)68(8,9)10)60-61(69)63(71)65(73)64(72)62(60)70;/h11-35,38-40H,1-10H3;/q-3;. The number of rotatable bonds is 10. The monoisotopic (exact) mass is 1240 g/mol. The van der Waals surface area contributed by atoms with Crippen molar-refractivity contribution in [2.45, 2.75) is 91.9 Å². The van der Waals surface area contributed by atoms with E-state index < -0.39 is 40.1 Å². The molecule has 0 aliphatic carbocycles. The van der Waals surface area contributed by atoms with Gasteiger partial charge in [0.2, 0.25) is 5.82 Å². The predicted molar refractivity (Wildman–Crippen MR) is 306 cm³/mol. The van der Waals surface area contributed by atoms with Gasteiger partial charge in [0, 0.05) is 66.9 Å². The molecular formula is C68H58F5N4OPt-3. The second-order valence-electron chi connectivity index (χ2n) is 22.8. The number of fused-ring (bicyclic) bond motifs is 4. The molecule has 0 fully saturated rings. The van der Waals surface area contributed by atoms with Crippen LogP contribution in [-0.2, 0) is 31.9 Å². The number of anilines is 4. The summed E-state index contributed by atoms with van der Waals surface area (Å²) in [7, 11) is 0. The number of hydrogen-bond donors (Lipinski definition) is 0. The van der Waals surface area contributed by atoms with Gasteiger partial charge in [-0.2, -0.15) is 6.07 Å². The Kier molecular flexibility index (Phi) is 14.5. The van der Waals surface area contributed by atoms with E-state index in [2.05, 4.69) is 114 Å². The summed E-state index contributed by atoms with van der Waals surface area (Å²) in [6.45, 7) is 22.9. The van der Waals surface area contributed by atoms with Crippen LogP contribution in [0.4, 0.5) is 44.7 Å². The zero-order valence-electron chi connectivity index (χ0n) is 45.6. The molecule has 8 aromatic carbocycles. The van der Waals surface area contributed by atoms with Gasteiger partial charge in [0.15, 0.2) is 23.3 Å². The second-order valence-corrected chi connectivity index (χ2v) is 22.8. The fourth-order valence-electron chi connectivity index (χ4n) is 10.8. The summed E-state index contributed by atoms with van der Waals surface area (Å²) in [6, 6.07) is 54.9. The molecule has 0 amide bonds. The van der Waals surface area contributed by atoms with Gasteiger partial charge in [-0.1, -0.05) is 166 Å². The van der Waals surface area contributed by atoms with Crippen LogP contribution in [0.15, 0.2) is 152 Å². The van der Waals surface area contributed by atoms with E-state index in [1.807, 2.05) is 117 Å². The summed E-state index contributed by atoms with van der Waals surface area (Å²) < 4.78 is 86.3. The van der Waals surface area contributed by atoms with Gasteiger partial charge in [-0.05, 0) is 97.3 Å². The Labute approximate surface area is 473 Å². The quantitative estimate of drug-likeness (QED) is 0.0591. The van der Waals surface area contributed by atoms with E-state index >= 15 is 17.6 Å². The topological polar surface area (TPSA) is 33.5 Å². The summed E-state index contributed by atoms with van der Waals surface area (Å²) >= 11 is 0. The maximum atomic E-state index is 16.1. The molecular weight excluding hydrogens is 1180 g/mol. The van der Waals surface area contributed by atoms with Crippen LogP contribution in [0.25, 0.3) is 61.0 Å². The molecule has 0 unspecified atom stereocenters. The van der Waals surface area contributed by atoms with Gasteiger partial charge in [0.1, 0.15) is 5.82 Å². The normalized spacial score (nSPS) is 12.8. The molecule has 404 valence electrons. The first-order valence-electron chi connectivity index (χ1n) is 26.3. The van der Waals surface area contributed by atoms with Gasteiger partial charge in [0.25, 0.3) is 0 Å². The van der Waals surface area contributed by atoms with Gasteiger partial charge in [0.05, 0.1) is 5.56 Å². The van der Waals surface area contributed by atoms with E-state index in [0.29, 0.717) is 34.1 Å². The fraction of sp³-hybridized carbons (Fsp3) is 0.206. The first-order valence-corrected chi connectivity index (χ1v) is 26.3. The molecule has 0 saturated heterocycles. The van der Waals surface area contributed by atoms with E-state index in [0.717, 1.165) is 66.6 Å². The molecule has 3 heterocycles. The summed E-state index contributed by atoms with van der Waals surface area (Å²) in [5.74, 6) is -8.37. The van der Waals surface area contributed by atoms with Crippen LogP contribution < -0.4 is 14.5 Å². The Morgan fingerprint density at radius 1 is 0.532 bits per heavy atom. The Morgan fingerprint density at radius 3 is 1.80 bits per heavy atom. The molecule has 1 aliphatic heterocycles. The van der Waals surface area contributed by atoms with Gasteiger partial charge in [-0.3, -0.25) is 0 Å². The van der Waals surface area contributed by atoms with E-state index in [-0.39, 0.29) is 49.6 Å². The summed E-state index contributed by atoms with van der Waals surface area (Å²) in [5.41, 5.74) is 9.91. The average Bonchev–Trinajstić information content (AvgIpc) is 4.25. The summed E-state index contributed by atoms with van der Waals surface area (Å²) in [5, 5.41) is 2.02. The predicted octanol–water partition coefficient (Wildman–Crippen LogP) is 19.5. The Balaban J connectivity index is 0.00000704. The van der Waals surface area contributed by atoms with Crippen molar-refractivity contribution in [1.82, 2.24) is 9.55 Å². The molecule has 0 radical (unpaired) electrons. The number of benzene rings is 8. The molecule has 11 heteroatoms. The van der Waals surface area contributed by atoms with Crippen LogP contribution >= 0.6 is 0 Å². The molecule has 10 aromatic rings. The third-order valence-electron chi connectivity index (χ3n) is 14.7. The van der Waals surface area contributed by atoms with Gasteiger partial charge in [-0.15, -0.1) is 53.6 Å². The van der Waals surface area contributed by atoms with Crippen molar-refractivity contribution < 1.29 is 47.8 Å². The number of pyridine rings is 1. The number of ether oxygens (including phenoxy) is 1. The van der Waals surface area contributed by atoms with Crippen LogP contribution in [0.1, 0.15) is 103 Å². The van der Waals surface area contributed by atoms with Crippen molar-refractivity contribution in [2.24, 2.45) is 0 Å². The van der Waals surface area contributed by atoms with Gasteiger partial charge >= 0.3 is 0 Å². The minimum atomic E-state index is -2.22. The van der Waals surface area contributed by atoms with Crippen LogP contribution in [0.3, 0.4) is 0 Å². The first-order chi connectivity index (χ1) is 37.2. The Hall–Kier alpha value is -7.55. The molecule has 79 heavy (non-hydrogen) atoms. The fourth-order valence-corrected chi connectivity index (χ4v) is 10.8. The molecule has 0 atom stereocenters. The zero-order valence-corrected chi connectivity index (χ0v) is 47.8. The number of halogens is 5. The van der Waals surface area contributed by atoms with Crippen LogP contribution in [0.2, 0.25) is 0 Å². The van der Waals surface area contributed by atoms with Crippen molar-refractivity contribution in [1.29, 1.82) is 0 Å². The van der Waals surface area contributed by atoms with Gasteiger partial charge in [-0.25, -0.2) is 26.9 Å². The molecule has 0 spiro atoms. The van der Waals surface area contributed by atoms with Crippen LogP contribution in [0.5, 0.6) is 11.5 Å². The average molecular weight is 1240 g/mol.